The molecule has 2 rings (SSSR count). The van der Waals surface area contributed by atoms with Gasteiger partial charge in [-0.3, -0.25) is 0 Å². The van der Waals surface area contributed by atoms with E-state index < -0.39 is 0 Å². The van der Waals surface area contributed by atoms with E-state index in [0.717, 1.165) is 24.8 Å². The lowest BCUT2D eigenvalue weighted by atomic mass is 9.81. The van der Waals surface area contributed by atoms with Crippen molar-refractivity contribution in [2.75, 3.05) is 6.54 Å². The molecular weight excluding hydrogens is 268 g/mol. The minimum Gasteiger partial charge on any atom is -0.310 e. The Bertz CT molecular complexity index is 465. The Hall–Kier alpha value is -0.960. The van der Waals surface area contributed by atoms with E-state index in [1.807, 2.05) is 6.92 Å². The van der Waals surface area contributed by atoms with Gasteiger partial charge in [0.25, 0.3) is 0 Å². The number of halogens is 2. The van der Waals surface area contributed by atoms with Crippen molar-refractivity contribution in [3.63, 3.8) is 0 Å². The van der Waals surface area contributed by atoms with Crippen molar-refractivity contribution >= 4 is 0 Å². The molecule has 1 aromatic carbocycles. The molecule has 1 atom stereocenters. The molecular formula is C18H27F2N. The number of rotatable bonds is 5. The zero-order valence-electron chi connectivity index (χ0n) is 13.4. The summed E-state index contributed by atoms with van der Waals surface area (Å²) in [5.74, 6) is 1.01. The Morgan fingerprint density at radius 1 is 1.14 bits per heavy atom. The van der Waals surface area contributed by atoms with Crippen LogP contribution < -0.4 is 5.32 Å². The first-order chi connectivity index (χ1) is 9.97. The molecule has 1 fully saturated rings. The predicted molar refractivity (Wildman–Crippen MR) is 83.3 cm³/mol. The monoisotopic (exact) mass is 295 g/mol. The van der Waals surface area contributed by atoms with Gasteiger partial charge in [0.1, 0.15) is 11.6 Å². The van der Waals surface area contributed by atoms with Crippen LogP contribution in [-0.2, 0) is 0 Å². The highest BCUT2D eigenvalue weighted by Gasteiger charge is 2.18. The second-order valence-corrected chi connectivity index (χ2v) is 6.71. The van der Waals surface area contributed by atoms with E-state index in [2.05, 4.69) is 12.2 Å². The minimum absolute atomic E-state index is 0.150. The van der Waals surface area contributed by atoms with Crippen LogP contribution in [0.4, 0.5) is 8.78 Å². The maximum absolute atomic E-state index is 13.9. The summed E-state index contributed by atoms with van der Waals surface area (Å²) in [5.41, 5.74) is 0.787. The van der Waals surface area contributed by atoms with Crippen molar-refractivity contribution in [3.05, 3.63) is 34.9 Å². The lowest BCUT2D eigenvalue weighted by molar-refractivity contribution is 0.273. The Morgan fingerprint density at radius 2 is 1.81 bits per heavy atom. The summed E-state index contributed by atoms with van der Waals surface area (Å²) in [6, 6.07) is 2.46. The third-order valence-corrected chi connectivity index (χ3v) is 4.88. The molecule has 0 spiro atoms. The number of hydrogen-bond donors (Lipinski definition) is 1. The summed E-state index contributed by atoms with van der Waals surface area (Å²) in [6.45, 7) is 6.68. The smallest absolute Gasteiger partial charge is 0.128 e. The SMILES string of the molecule is Cc1cc(F)c(C(C)NCCC2CCC(C)CC2)cc1F. The molecule has 0 amide bonds. The van der Waals surface area contributed by atoms with Crippen LogP contribution in [0.3, 0.4) is 0 Å². The molecule has 0 heterocycles. The summed E-state index contributed by atoms with van der Waals surface area (Å²) < 4.78 is 27.5. The van der Waals surface area contributed by atoms with Crippen LogP contribution in [0.15, 0.2) is 12.1 Å². The molecule has 0 saturated heterocycles. The summed E-state index contributed by atoms with van der Waals surface area (Å²) in [6.07, 6.45) is 6.42. The first-order valence-electron chi connectivity index (χ1n) is 8.16. The van der Waals surface area contributed by atoms with Gasteiger partial charge >= 0.3 is 0 Å². The quantitative estimate of drug-likeness (QED) is 0.793. The van der Waals surface area contributed by atoms with E-state index in [1.54, 1.807) is 6.92 Å². The van der Waals surface area contributed by atoms with E-state index in [9.17, 15) is 8.78 Å². The van der Waals surface area contributed by atoms with Gasteiger partial charge < -0.3 is 5.32 Å². The maximum Gasteiger partial charge on any atom is 0.128 e. The topological polar surface area (TPSA) is 12.0 Å². The first kappa shape index (κ1) is 16.4. The molecule has 3 heteroatoms. The molecule has 1 aliphatic carbocycles. The van der Waals surface area contributed by atoms with Gasteiger partial charge in [-0.2, -0.15) is 0 Å². The summed E-state index contributed by atoms with van der Waals surface area (Å²) >= 11 is 0. The van der Waals surface area contributed by atoms with Crippen molar-refractivity contribution in [2.45, 2.75) is 58.9 Å². The Balaban J connectivity index is 1.82. The fourth-order valence-electron chi connectivity index (χ4n) is 3.23. The van der Waals surface area contributed by atoms with E-state index in [-0.39, 0.29) is 17.7 Å². The van der Waals surface area contributed by atoms with Gasteiger partial charge in [0.15, 0.2) is 0 Å². The molecule has 0 bridgehead atoms. The Morgan fingerprint density at radius 3 is 2.48 bits per heavy atom. The third kappa shape index (κ3) is 4.50. The van der Waals surface area contributed by atoms with E-state index in [4.69, 9.17) is 0 Å². The summed E-state index contributed by atoms with van der Waals surface area (Å²) in [4.78, 5) is 0. The number of benzene rings is 1. The number of hydrogen-bond acceptors (Lipinski definition) is 1. The van der Waals surface area contributed by atoms with Crippen LogP contribution in [0, 0.1) is 30.4 Å². The van der Waals surface area contributed by atoms with Gasteiger partial charge in [-0.25, -0.2) is 8.78 Å². The second-order valence-electron chi connectivity index (χ2n) is 6.71. The number of aryl methyl sites for hydroxylation is 1. The molecule has 118 valence electrons. The van der Waals surface area contributed by atoms with E-state index in [1.165, 1.54) is 37.8 Å². The van der Waals surface area contributed by atoms with Crippen molar-refractivity contribution < 1.29 is 8.78 Å². The molecule has 1 aromatic rings. The van der Waals surface area contributed by atoms with Gasteiger partial charge in [-0.05, 0) is 56.3 Å². The summed E-state index contributed by atoms with van der Waals surface area (Å²) in [5, 5.41) is 3.34. The minimum atomic E-state index is -0.332. The zero-order valence-corrected chi connectivity index (χ0v) is 13.4. The molecule has 1 saturated carbocycles. The first-order valence-corrected chi connectivity index (χ1v) is 8.16. The fraction of sp³-hybridized carbons (Fsp3) is 0.667. The van der Waals surface area contributed by atoms with Gasteiger partial charge in [0, 0.05) is 11.6 Å². The van der Waals surface area contributed by atoms with Crippen LogP contribution >= 0.6 is 0 Å². The molecule has 1 aliphatic rings. The van der Waals surface area contributed by atoms with Crippen LogP contribution in [0.5, 0.6) is 0 Å². The molecule has 0 aromatic heterocycles. The molecule has 1 N–H and O–H groups in total. The van der Waals surface area contributed by atoms with Crippen molar-refractivity contribution in [1.29, 1.82) is 0 Å². The fourth-order valence-corrected chi connectivity index (χ4v) is 3.23. The van der Waals surface area contributed by atoms with E-state index >= 15 is 0 Å². The maximum atomic E-state index is 13.9. The van der Waals surface area contributed by atoms with Crippen LogP contribution in [0.1, 0.15) is 63.1 Å². The normalized spacial score (nSPS) is 24.0. The lowest BCUT2D eigenvalue weighted by Gasteiger charge is -2.26. The van der Waals surface area contributed by atoms with Gasteiger partial charge in [-0.15, -0.1) is 0 Å². The largest absolute Gasteiger partial charge is 0.310 e. The number of nitrogens with one attached hydrogen (secondary N) is 1. The lowest BCUT2D eigenvalue weighted by Crippen LogP contribution is -2.24. The third-order valence-electron chi connectivity index (χ3n) is 4.88. The molecule has 1 nitrogen and oxygen atoms in total. The van der Waals surface area contributed by atoms with Crippen molar-refractivity contribution in [1.82, 2.24) is 5.32 Å². The molecule has 1 unspecified atom stereocenters. The zero-order chi connectivity index (χ0) is 15.4. The van der Waals surface area contributed by atoms with Crippen LogP contribution in [0.2, 0.25) is 0 Å². The Labute approximate surface area is 127 Å². The highest BCUT2D eigenvalue weighted by Crippen LogP contribution is 2.30. The standard InChI is InChI=1S/C18H27F2N/c1-12-4-6-15(7-5-12)8-9-21-14(3)16-11-17(19)13(2)10-18(16)20/h10-12,14-15,21H,4-9H2,1-3H3. The Kier molecular flexibility index (Phi) is 5.74. The average Bonchev–Trinajstić information content (AvgIpc) is 2.45. The van der Waals surface area contributed by atoms with Crippen molar-refractivity contribution in [3.8, 4) is 0 Å². The van der Waals surface area contributed by atoms with Gasteiger partial charge in [0.05, 0.1) is 0 Å². The van der Waals surface area contributed by atoms with Crippen LogP contribution in [-0.4, -0.2) is 6.54 Å². The average molecular weight is 295 g/mol. The highest BCUT2D eigenvalue weighted by molar-refractivity contribution is 5.27. The van der Waals surface area contributed by atoms with Gasteiger partial charge in [0.2, 0.25) is 0 Å². The second kappa shape index (κ2) is 7.35. The van der Waals surface area contributed by atoms with Crippen LogP contribution in [0.25, 0.3) is 0 Å². The molecule has 0 radical (unpaired) electrons. The highest BCUT2D eigenvalue weighted by atomic mass is 19.1. The van der Waals surface area contributed by atoms with E-state index in [0.29, 0.717) is 11.1 Å². The summed E-state index contributed by atoms with van der Waals surface area (Å²) in [7, 11) is 0. The predicted octanol–water partition coefficient (Wildman–Crippen LogP) is 5.14. The molecule has 21 heavy (non-hydrogen) atoms. The molecule has 0 aliphatic heterocycles. The van der Waals surface area contributed by atoms with Crippen molar-refractivity contribution in [2.24, 2.45) is 11.8 Å². The van der Waals surface area contributed by atoms with Gasteiger partial charge in [-0.1, -0.05) is 32.6 Å².